The van der Waals surface area contributed by atoms with Gasteiger partial charge in [-0.05, 0) is 42.0 Å². The summed E-state index contributed by atoms with van der Waals surface area (Å²) in [5, 5.41) is 9.20. The largest absolute Gasteiger partial charge is 0.351 e. The second kappa shape index (κ2) is 9.36. The molecule has 8 nitrogen and oxygen atoms in total. The number of rotatable bonds is 7. The standard InChI is InChI=1S/C25H29N5O3/c1-15(2)17-6-5-7-18(13-17)27-23(31)20(12-16-10-11-16)28-25(33)29-21-14-30(24(26)32)22-9-4-3-8-19(21)22/h3-9,13-16,20H,10-12H2,1-2H3,(H2,26,32)(H,27,31)(H2,28,29,33)/t20-/m0/s1. The van der Waals surface area contributed by atoms with Crippen LogP contribution in [0.2, 0.25) is 0 Å². The van der Waals surface area contributed by atoms with Crippen LogP contribution in [-0.4, -0.2) is 28.6 Å². The minimum Gasteiger partial charge on any atom is -0.351 e. The van der Waals surface area contributed by atoms with Gasteiger partial charge in [-0.2, -0.15) is 0 Å². The lowest BCUT2D eigenvalue weighted by molar-refractivity contribution is -0.118. The highest BCUT2D eigenvalue weighted by atomic mass is 16.2. The fourth-order valence-corrected chi connectivity index (χ4v) is 3.90. The van der Waals surface area contributed by atoms with E-state index in [0.717, 1.165) is 18.4 Å². The number of carbonyl (C=O) groups is 3. The number of nitrogens with zero attached hydrogens (tertiary/aromatic N) is 1. The number of hydrogen-bond acceptors (Lipinski definition) is 3. The summed E-state index contributed by atoms with van der Waals surface area (Å²) in [7, 11) is 0. The number of nitrogens with two attached hydrogens (primary N) is 1. The van der Waals surface area contributed by atoms with Crippen molar-refractivity contribution in [1.29, 1.82) is 0 Å². The molecule has 172 valence electrons. The molecule has 4 amide bonds. The zero-order valence-electron chi connectivity index (χ0n) is 18.8. The lowest BCUT2D eigenvalue weighted by Gasteiger charge is -2.19. The van der Waals surface area contributed by atoms with Crippen molar-refractivity contribution in [3.05, 3.63) is 60.3 Å². The molecule has 0 saturated heterocycles. The first-order valence-corrected chi connectivity index (χ1v) is 11.2. The molecule has 3 aromatic rings. The highest BCUT2D eigenvalue weighted by molar-refractivity contribution is 6.06. The second-order valence-electron chi connectivity index (χ2n) is 8.87. The Balaban J connectivity index is 1.48. The molecule has 0 bridgehead atoms. The molecule has 1 heterocycles. The van der Waals surface area contributed by atoms with E-state index in [4.69, 9.17) is 5.73 Å². The molecule has 0 aliphatic heterocycles. The van der Waals surface area contributed by atoms with Crippen LogP contribution in [0.3, 0.4) is 0 Å². The van der Waals surface area contributed by atoms with Crippen molar-refractivity contribution in [2.45, 2.75) is 45.1 Å². The van der Waals surface area contributed by atoms with Crippen LogP contribution in [0.5, 0.6) is 0 Å². The third-order valence-corrected chi connectivity index (χ3v) is 5.91. The molecule has 1 saturated carbocycles. The number of amides is 4. The number of benzene rings is 2. The number of carbonyl (C=O) groups excluding carboxylic acids is 3. The van der Waals surface area contributed by atoms with Gasteiger partial charge >= 0.3 is 12.1 Å². The first-order chi connectivity index (χ1) is 15.8. The number of primary amides is 1. The third-order valence-electron chi connectivity index (χ3n) is 5.91. The van der Waals surface area contributed by atoms with Gasteiger partial charge in [-0.3, -0.25) is 9.36 Å². The first-order valence-electron chi connectivity index (χ1n) is 11.2. The van der Waals surface area contributed by atoms with Crippen LogP contribution in [0.25, 0.3) is 10.9 Å². The van der Waals surface area contributed by atoms with Crippen LogP contribution in [0, 0.1) is 5.92 Å². The van der Waals surface area contributed by atoms with Gasteiger partial charge in [0.25, 0.3) is 0 Å². The van der Waals surface area contributed by atoms with Crippen molar-refractivity contribution in [1.82, 2.24) is 9.88 Å². The van der Waals surface area contributed by atoms with Crippen LogP contribution in [0.1, 0.15) is 44.6 Å². The molecule has 1 aliphatic rings. The predicted molar refractivity (Wildman–Crippen MR) is 129 cm³/mol. The molecule has 8 heteroatoms. The lowest BCUT2D eigenvalue weighted by Crippen LogP contribution is -2.45. The Morgan fingerprint density at radius 1 is 1.06 bits per heavy atom. The van der Waals surface area contributed by atoms with E-state index in [-0.39, 0.29) is 5.91 Å². The van der Waals surface area contributed by atoms with Crippen LogP contribution >= 0.6 is 0 Å². The molecule has 1 atom stereocenters. The van der Waals surface area contributed by atoms with E-state index in [9.17, 15) is 14.4 Å². The minimum atomic E-state index is -0.676. The van der Waals surface area contributed by atoms with Crippen molar-refractivity contribution in [2.75, 3.05) is 10.6 Å². The van der Waals surface area contributed by atoms with E-state index in [0.29, 0.717) is 40.5 Å². The van der Waals surface area contributed by atoms with Crippen molar-refractivity contribution in [3.8, 4) is 0 Å². The zero-order valence-corrected chi connectivity index (χ0v) is 18.8. The number of hydrogen-bond donors (Lipinski definition) is 4. The SMILES string of the molecule is CC(C)c1cccc(NC(=O)[C@H](CC2CC2)NC(=O)Nc2cn(C(N)=O)c3ccccc23)c1. The fraction of sp³-hybridized carbons (Fsp3) is 0.320. The van der Waals surface area contributed by atoms with Gasteiger partial charge in [-0.25, -0.2) is 9.59 Å². The van der Waals surface area contributed by atoms with E-state index in [1.54, 1.807) is 18.2 Å². The maximum atomic E-state index is 13.0. The monoisotopic (exact) mass is 447 g/mol. The van der Waals surface area contributed by atoms with Crippen molar-refractivity contribution >= 4 is 40.2 Å². The fourth-order valence-electron chi connectivity index (χ4n) is 3.90. The minimum absolute atomic E-state index is 0.252. The lowest BCUT2D eigenvalue weighted by atomic mass is 10.0. The Bertz CT molecular complexity index is 1200. The second-order valence-corrected chi connectivity index (χ2v) is 8.87. The topological polar surface area (TPSA) is 118 Å². The van der Waals surface area contributed by atoms with Crippen molar-refractivity contribution in [2.24, 2.45) is 11.7 Å². The molecule has 2 aromatic carbocycles. The predicted octanol–water partition coefficient (Wildman–Crippen LogP) is 4.62. The number of fused-ring (bicyclic) bond motifs is 1. The summed E-state index contributed by atoms with van der Waals surface area (Å²) in [5.74, 6) is 0.521. The zero-order chi connectivity index (χ0) is 23.5. The number of nitrogens with one attached hydrogen (secondary N) is 3. The average Bonchev–Trinajstić information content (AvgIpc) is 3.53. The van der Waals surface area contributed by atoms with Crippen LogP contribution in [0.4, 0.5) is 21.0 Å². The highest BCUT2D eigenvalue weighted by Gasteiger charge is 2.30. The van der Waals surface area contributed by atoms with Crippen LogP contribution < -0.4 is 21.7 Å². The van der Waals surface area contributed by atoms with Crippen molar-refractivity contribution < 1.29 is 14.4 Å². The molecule has 4 rings (SSSR count). The van der Waals surface area contributed by atoms with Gasteiger partial charge in [0.1, 0.15) is 6.04 Å². The Hall–Kier alpha value is -3.81. The maximum Gasteiger partial charge on any atom is 0.323 e. The molecular formula is C25H29N5O3. The Morgan fingerprint density at radius 2 is 1.82 bits per heavy atom. The smallest absolute Gasteiger partial charge is 0.323 e. The quantitative estimate of drug-likeness (QED) is 0.423. The summed E-state index contributed by atoms with van der Waals surface area (Å²) in [6, 6.07) is 13.0. The molecule has 0 unspecified atom stereocenters. The first kappa shape index (κ1) is 22.4. The van der Waals surface area contributed by atoms with Gasteiger partial charge in [0.05, 0.1) is 11.2 Å². The van der Waals surface area contributed by atoms with E-state index in [1.165, 1.54) is 10.8 Å². The molecule has 1 aromatic heterocycles. The Kier molecular flexibility index (Phi) is 6.35. The number of aromatic nitrogens is 1. The van der Waals surface area contributed by atoms with Gasteiger partial charge in [-0.15, -0.1) is 0 Å². The Labute approximate surface area is 192 Å². The molecule has 33 heavy (non-hydrogen) atoms. The Morgan fingerprint density at radius 3 is 2.52 bits per heavy atom. The van der Waals surface area contributed by atoms with Crippen molar-refractivity contribution in [3.63, 3.8) is 0 Å². The van der Waals surface area contributed by atoms with E-state index in [1.807, 2.05) is 30.3 Å². The van der Waals surface area contributed by atoms with Gasteiger partial charge in [-0.1, -0.05) is 57.0 Å². The molecule has 0 radical (unpaired) electrons. The summed E-state index contributed by atoms with van der Waals surface area (Å²) >= 11 is 0. The van der Waals surface area contributed by atoms with Crippen LogP contribution in [-0.2, 0) is 4.79 Å². The summed E-state index contributed by atoms with van der Waals surface area (Å²) in [4.78, 5) is 37.6. The van der Waals surface area contributed by atoms with E-state index in [2.05, 4.69) is 29.8 Å². The summed E-state index contributed by atoms with van der Waals surface area (Å²) < 4.78 is 1.28. The summed E-state index contributed by atoms with van der Waals surface area (Å²) in [6.07, 6.45) is 4.18. The van der Waals surface area contributed by atoms with Gasteiger partial charge in [0.15, 0.2) is 0 Å². The number of anilines is 2. The molecule has 5 N–H and O–H groups in total. The summed E-state index contributed by atoms with van der Waals surface area (Å²) in [5.41, 5.74) is 8.32. The van der Waals surface area contributed by atoms with Gasteiger partial charge in [0.2, 0.25) is 5.91 Å². The van der Waals surface area contributed by atoms with Gasteiger partial charge < -0.3 is 21.7 Å². The van der Waals surface area contributed by atoms with Crippen LogP contribution in [0.15, 0.2) is 54.7 Å². The average molecular weight is 448 g/mol. The number of urea groups is 1. The molecule has 0 spiro atoms. The van der Waals surface area contributed by atoms with E-state index >= 15 is 0 Å². The maximum absolute atomic E-state index is 13.0. The molecule has 1 fully saturated rings. The summed E-state index contributed by atoms with van der Waals surface area (Å²) in [6.45, 7) is 4.19. The molecular weight excluding hydrogens is 418 g/mol. The third kappa shape index (κ3) is 5.34. The van der Waals surface area contributed by atoms with Gasteiger partial charge in [0, 0.05) is 17.3 Å². The number of para-hydroxylation sites is 1. The normalized spacial score (nSPS) is 14.2. The van der Waals surface area contributed by atoms with E-state index < -0.39 is 18.1 Å². The molecule has 1 aliphatic carbocycles. The highest BCUT2D eigenvalue weighted by Crippen LogP contribution is 2.34.